The molecule has 5 N–H and O–H groups in total. The second-order valence-corrected chi connectivity index (χ2v) is 8.92. The molecule has 0 aliphatic heterocycles. The molecule has 0 radical (unpaired) electrons. The standard InChI is InChI=1S/C23H29N7O2/c24-15-7-11-17(12-8-15)27-23-28-20(26-16-9-5-14(6-10-16)22(31)32)19-21(29-23)30(13-25-19)18-3-1-2-4-18/h5-6,9-10,13,15,17-18H,1-4,7-8,11-12,24H2,(H,31,32)(H2,26,27,28,29). The predicted molar refractivity (Wildman–Crippen MR) is 123 cm³/mol. The number of anilines is 3. The van der Waals surface area contributed by atoms with Crippen LogP contribution < -0.4 is 16.4 Å². The lowest BCUT2D eigenvalue weighted by atomic mass is 9.92. The Bertz CT molecular complexity index is 1100. The Morgan fingerprint density at radius 2 is 1.75 bits per heavy atom. The molecule has 2 heterocycles. The molecule has 0 saturated heterocycles. The average Bonchev–Trinajstić information content (AvgIpc) is 3.46. The van der Waals surface area contributed by atoms with Gasteiger partial charge >= 0.3 is 5.97 Å². The molecular weight excluding hydrogens is 406 g/mol. The maximum atomic E-state index is 11.2. The third-order valence-electron chi connectivity index (χ3n) is 6.64. The summed E-state index contributed by atoms with van der Waals surface area (Å²) in [4.78, 5) is 25.4. The fourth-order valence-corrected chi connectivity index (χ4v) is 4.80. The lowest BCUT2D eigenvalue weighted by Crippen LogP contribution is -2.33. The lowest BCUT2D eigenvalue weighted by Gasteiger charge is -2.27. The van der Waals surface area contributed by atoms with E-state index in [0.717, 1.165) is 55.4 Å². The fraction of sp³-hybridized carbons (Fsp3) is 0.478. The SMILES string of the molecule is NC1CCC(Nc2nc(Nc3ccc(C(=O)O)cc3)c3ncn(C4CCCC4)c3n2)CC1. The smallest absolute Gasteiger partial charge is 0.335 e. The predicted octanol–water partition coefficient (Wildman–Crippen LogP) is 4.07. The molecule has 2 fully saturated rings. The second kappa shape index (κ2) is 8.74. The molecule has 9 heteroatoms. The van der Waals surface area contributed by atoms with Gasteiger partial charge in [-0.05, 0) is 62.8 Å². The van der Waals surface area contributed by atoms with E-state index in [-0.39, 0.29) is 11.6 Å². The van der Waals surface area contributed by atoms with Crippen molar-refractivity contribution in [3.63, 3.8) is 0 Å². The van der Waals surface area contributed by atoms with E-state index < -0.39 is 5.97 Å². The summed E-state index contributed by atoms with van der Waals surface area (Å²) in [5.74, 6) is 0.252. The van der Waals surface area contributed by atoms with E-state index in [4.69, 9.17) is 20.8 Å². The number of imidazole rings is 1. The van der Waals surface area contributed by atoms with Crippen molar-refractivity contribution in [1.29, 1.82) is 0 Å². The van der Waals surface area contributed by atoms with Crippen LogP contribution in [0.1, 0.15) is 67.8 Å². The second-order valence-electron chi connectivity index (χ2n) is 8.92. The number of carboxylic acids is 1. The summed E-state index contributed by atoms with van der Waals surface area (Å²) in [6.07, 6.45) is 10.6. The maximum absolute atomic E-state index is 11.2. The fourth-order valence-electron chi connectivity index (χ4n) is 4.80. The molecular formula is C23H29N7O2. The molecule has 5 rings (SSSR count). The summed E-state index contributed by atoms with van der Waals surface area (Å²) in [5, 5.41) is 16.0. The van der Waals surface area contributed by atoms with E-state index in [9.17, 15) is 4.79 Å². The zero-order valence-electron chi connectivity index (χ0n) is 18.0. The number of nitrogens with zero attached hydrogens (tertiary/aromatic N) is 4. The molecule has 2 aromatic heterocycles. The highest BCUT2D eigenvalue weighted by atomic mass is 16.4. The van der Waals surface area contributed by atoms with E-state index in [1.165, 1.54) is 12.8 Å². The van der Waals surface area contributed by atoms with E-state index >= 15 is 0 Å². The van der Waals surface area contributed by atoms with Crippen LogP contribution in [-0.2, 0) is 0 Å². The molecule has 168 valence electrons. The number of rotatable bonds is 6. The molecule has 2 aliphatic carbocycles. The number of carboxylic acid groups (broad SMARTS) is 1. The first-order chi connectivity index (χ1) is 15.6. The summed E-state index contributed by atoms with van der Waals surface area (Å²) in [6.45, 7) is 0. The van der Waals surface area contributed by atoms with Crippen LogP contribution in [0.2, 0.25) is 0 Å². The summed E-state index contributed by atoms with van der Waals surface area (Å²) in [6, 6.07) is 7.62. The summed E-state index contributed by atoms with van der Waals surface area (Å²) in [7, 11) is 0. The highest BCUT2D eigenvalue weighted by molar-refractivity contribution is 5.89. The molecule has 3 aromatic rings. The minimum absolute atomic E-state index is 0.242. The highest BCUT2D eigenvalue weighted by Crippen LogP contribution is 2.34. The molecule has 1 aromatic carbocycles. The third kappa shape index (κ3) is 4.25. The van der Waals surface area contributed by atoms with Gasteiger partial charge in [-0.2, -0.15) is 9.97 Å². The number of hydrogen-bond acceptors (Lipinski definition) is 7. The Labute approximate surface area is 186 Å². The number of nitrogens with one attached hydrogen (secondary N) is 2. The molecule has 2 saturated carbocycles. The first-order valence-electron chi connectivity index (χ1n) is 11.4. The van der Waals surface area contributed by atoms with Crippen molar-refractivity contribution in [2.45, 2.75) is 69.5 Å². The quantitative estimate of drug-likeness (QED) is 0.456. The van der Waals surface area contributed by atoms with Gasteiger partial charge in [-0.25, -0.2) is 9.78 Å². The molecule has 0 spiro atoms. The van der Waals surface area contributed by atoms with Crippen LogP contribution in [0.15, 0.2) is 30.6 Å². The Balaban J connectivity index is 1.48. The normalized spacial score (nSPS) is 21.7. The van der Waals surface area contributed by atoms with Gasteiger partial charge in [-0.15, -0.1) is 0 Å². The minimum atomic E-state index is -0.949. The molecule has 0 unspecified atom stereocenters. The topological polar surface area (TPSA) is 131 Å². The van der Waals surface area contributed by atoms with E-state index in [2.05, 4.69) is 20.2 Å². The van der Waals surface area contributed by atoms with Gasteiger partial charge in [-0.3, -0.25) is 0 Å². The van der Waals surface area contributed by atoms with Crippen LogP contribution in [0, 0.1) is 0 Å². The molecule has 0 amide bonds. The van der Waals surface area contributed by atoms with E-state index in [1.807, 2.05) is 6.33 Å². The number of carbonyl (C=O) groups is 1. The Kier molecular flexibility index (Phi) is 5.65. The Morgan fingerprint density at radius 3 is 2.44 bits per heavy atom. The number of aromatic carboxylic acids is 1. The van der Waals surface area contributed by atoms with Gasteiger partial charge in [0, 0.05) is 23.8 Å². The highest BCUT2D eigenvalue weighted by Gasteiger charge is 2.24. The van der Waals surface area contributed by atoms with Crippen LogP contribution in [0.4, 0.5) is 17.5 Å². The van der Waals surface area contributed by atoms with Gasteiger partial charge in [0.05, 0.1) is 11.9 Å². The summed E-state index contributed by atoms with van der Waals surface area (Å²) < 4.78 is 2.19. The monoisotopic (exact) mass is 435 g/mol. The molecule has 32 heavy (non-hydrogen) atoms. The van der Waals surface area contributed by atoms with Crippen LogP contribution >= 0.6 is 0 Å². The van der Waals surface area contributed by atoms with Gasteiger partial charge in [-0.1, -0.05) is 12.8 Å². The van der Waals surface area contributed by atoms with Gasteiger partial charge in [0.2, 0.25) is 5.95 Å². The molecule has 0 atom stereocenters. The van der Waals surface area contributed by atoms with Crippen molar-refractivity contribution >= 4 is 34.6 Å². The van der Waals surface area contributed by atoms with Gasteiger partial charge in [0.15, 0.2) is 17.0 Å². The summed E-state index contributed by atoms with van der Waals surface area (Å²) in [5.41, 5.74) is 8.60. The largest absolute Gasteiger partial charge is 0.478 e. The number of nitrogens with two attached hydrogens (primary N) is 1. The van der Waals surface area contributed by atoms with Crippen molar-refractivity contribution in [2.24, 2.45) is 5.73 Å². The van der Waals surface area contributed by atoms with Gasteiger partial charge in [0.25, 0.3) is 0 Å². The molecule has 9 nitrogen and oxygen atoms in total. The van der Waals surface area contributed by atoms with Crippen molar-refractivity contribution in [3.8, 4) is 0 Å². The zero-order chi connectivity index (χ0) is 22.1. The van der Waals surface area contributed by atoms with Crippen LogP contribution in [0.25, 0.3) is 11.2 Å². The average molecular weight is 436 g/mol. The van der Waals surface area contributed by atoms with Crippen LogP contribution in [0.5, 0.6) is 0 Å². The van der Waals surface area contributed by atoms with Crippen molar-refractivity contribution < 1.29 is 9.90 Å². The minimum Gasteiger partial charge on any atom is -0.478 e. The lowest BCUT2D eigenvalue weighted by molar-refractivity contribution is 0.0697. The van der Waals surface area contributed by atoms with Crippen LogP contribution in [-0.4, -0.2) is 42.7 Å². The Morgan fingerprint density at radius 1 is 1.03 bits per heavy atom. The number of fused-ring (bicyclic) bond motifs is 1. The van der Waals surface area contributed by atoms with E-state index in [1.54, 1.807) is 24.3 Å². The van der Waals surface area contributed by atoms with Gasteiger partial charge in [0.1, 0.15) is 0 Å². The van der Waals surface area contributed by atoms with Crippen molar-refractivity contribution in [2.75, 3.05) is 10.6 Å². The molecule has 2 aliphatic rings. The first kappa shape index (κ1) is 20.7. The van der Waals surface area contributed by atoms with Crippen molar-refractivity contribution in [1.82, 2.24) is 19.5 Å². The first-order valence-corrected chi connectivity index (χ1v) is 11.4. The van der Waals surface area contributed by atoms with Gasteiger partial charge < -0.3 is 26.0 Å². The van der Waals surface area contributed by atoms with Crippen LogP contribution in [0.3, 0.4) is 0 Å². The van der Waals surface area contributed by atoms with Crippen molar-refractivity contribution in [3.05, 3.63) is 36.2 Å². The number of hydrogen-bond donors (Lipinski definition) is 4. The zero-order valence-corrected chi connectivity index (χ0v) is 18.0. The maximum Gasteiger partial charge on any atom is 0.335 e. The number of benzene rings is 1. The van der Waals surface area contributed by atoms with E-state index in [0.29, 0.717) is 23.8 Å². The molecule has 0 bridgehead atoms. The Hall–Kier alpha value is -3.20. The number of aromatic nitrogens is 4. The third-order valence-corrected chi connectivity index (χ3v) is 6.64. The summed E-state index contributed by atoms with van der Waals surface area (Å²) >= 11 is 0.